The average Bonchev–Trinajstić information content (AvgIpc) is 2.40. The van der Waals surface area contributed by atoms with Gasteiger partial charge in [0, 0.05) is 37.6 Å². The number of rotatable bonds is 4. The molecule has 92 valence electrons. The summed E-state index contributed by atoms with van der Waals surface area (Å²) >= 11 is 0. The van der Waals surface area contributed by atoms with E-state index in [4.69, 9.17) is 9.47 Å². The number of nitrogens with zero attached hydrogens (tertiary/aromatic N) is 3. The zero-order chi connectivity index (χ0) is 12.1. The van der Waals surface area contributed by atoms with E-state index in [1.54, 1.807) is 19.5 Å². The molecule has 2 rings (SSSR count). The van der Waals surface area contributed by atoms with E-state index >= 15 is 0 Å². The summed E-state index contributed by atoms with van der Waals surface area (Å²) in [5.41, 5.74) is 1.98. The molecule has 1 fully saturated rings. The summed E-state index contributed by atoms with van der Waals surface area (Å²) in [6, 6.07) is 0.382. The van der Waals surface area contributed by atoms with Crippen molar-refractivity contribution < 1.29 is 9.47 Å². The van der Waals surface area contributed by atoms with Crippen LogP contribution in [0.25, 0.3) is 5.57 Å². The molecular weight excluding hydrogens is 218 g/mol. The highest BCUT2D eigenvalue weighted by Crippen LogP contribution is 2.14. The van der Waals surface area contributed by atoms with Crippen LogP contribution in [0.2, 0.25) is 0 Å². The Hall–Kier alpha value is -1.46. The highest BCUT2D eigenvalue weighted by molar-refractivity contribution is 5.63. The molecular formula is C12H17N3O2. The van der Waals surface area contributed by atoms with Gasteiger partial charge in [0.25, 0.3) is 0 Å². The van der Waals surface area contributed by atoms with Crippen molar-refractivity contribution in [2.75, 3.05) is 40.0 Å². The Balaban J connectivity index is 1.93. The van der Waals surface area contributed by atoms with Crippen molar-refractivity contribution in [3.8, 4) is 6.01 Å². The molecule has 0 atom stereocenters. The van der Waals surface area contributed by atoms with Gasteiger partial charge < -0.3 is 9.47 Å². The van der Waals surface area contributed by atoms with Gasteiger partial charge in [0.15, 0.2) is 0 Å². The topological polar surface area (TPSA) is 47.5 Å². The summed E-state index contributed by atoms with van der Waals surface area (Å²) < 4.78 is 10.2. The van der Waals surface area contributed by atoms with Gasteiger partial charge in [0.05, 0.1) is 20.3 Å². The van der Waals surface area contributed by atoms with Crippen LogP contribution < -0.4 is 4.74 Å². The molecule has 17 heavy (non-hydrogen) atoms. The molecule has 0 unspecified atom stereocenters. The van der Waals surface area contributed by atoms with Crippen LogP contribution in [0.3, 0.4) is 0 Å². The largest absolute Gasteiger partial charge is 0.467 e. The number of aromatic nitrogens is 2. The maximum absolute atomic E-state index is 5.30. The highest BCUT2D eigenvalue weighted by Gasteiger charge is 2.12. The molecule has 1 aromatic heterocycles. The summed E-state index contributed by atoms with van der Waals surface area (Å²) in [6.45, 7) is 8.41. The first kappa shape index (κ1) is 12.0. The number of morpholine rings is 1. The van der Waals surface area contributed by atoms with Gasteiger partial charge in [-0.15, -0.1) is 0 Å². The first-order valence-corrected chi connectivity index (χ1v) is 5.64. The smallest absolute Gasteiger partial charge is 0.316 e. The van der Waals surface area contributed by atoms with Crippen LogP contribution in [0.5, 0.6) is 6.01 Å². The third-order valence-electron chi connectivity index (χ3n) is 2.74. The second kappa shape index (κ2) is 5.75. The monoisotopic (exact) mass is 235 g/mol. The summed E-state index contributed by atoms with van der Waals surface area (Å²) in [6.07, 6.45) is 3.49. The summed E-state index contributed by atoms with van der Waals surface area (Å²) in [5.74, 6) is 0. The normalized spacial score (nSPS) is 16.8. The maximum Gasteiger partial charge on any atom is 0.316 e. The minimum absolute atomic E-state index is 0.382. The van der Waals surface area contributed by atoms with Gasteiger partial charge in [-0.05, 0) is 5.57 Å². The fourth-order valence-corrected chi connectivity index (χ4v) is 1.72. The van der Waals surface area contributed by atoms with Gasteiger partial charge >= 0.3 is 6.01 Å². The number of methoxy groups -OCH3 is 1. The molecule has 1 aromatic rings. The molecule has 0 radical (unpaired) electrons. The average molecular weight is 235 g/mol. The quantitative estimate of drug-likeness (QED) is 0.773. The molecule has 5 heteroatoms. The minimum atomic E-state index is 0.382. The van der Waals surface area contributed by atoms with Crippen LogP contribution >= 0.6 is 0 Å². The van der Waals surface area contributed by atoms with E-state index in [9.17, 15) is 0 Å². The molecule has 0 amide bonds. The van der Waals surface area contributed by atoms with Crippen molar-refractivity contribution in [3.63, 3.8) is 0 Å². The lowest BCUT2D eigenvalue weighted by atomic mass is 10.1. The molecule has 2 heterocycles. The predicted molar refractivity (Wildman–Crippen MR) is 64.9 cm³/mol. The van der Waals surface area contributed by atoms with Crippen LogP contribution in [0.4, 0.5) is 0 Å². The third-order valence-corrected chi connectivity index (χ3v) is 2.74. The van der Waals surface area contributed by atoms with E-state index in [2.05, 4.69) is 21.4 Å². The van der Waals surface area contributed by atoms with Crippen molar-refractivity contribution in [1.29, 1.82) is 0 Å². The summed E-state index contributed by atoms with van der Waals surface area (Å²) in [7, 11) is 1.55. The van der Waals surface area contributed by atoms with Gasteiger partial charge in [-0.3, -0.25) is 4.90 Å². The van der Waals surface area contributed by atoms with Crippen LogP contribution in [-0.4, -0.2) is 54.8 Å². The summed E-state index contributed by atoms with van der Waals surface area (Å²) in [4.78, 5) is 10.5. The molecule has 0 spiro atoms. The lowest BCUT2D eigenvalue weighted by Crippen LogP contribution is -2.37. The Labute approximate surface area is 101 Å². The molecule has 1 saturated heterocycles. The lowest BCUT2D eigenvalue weighted by Gasteiger charge is -2.27. The third kappa shape index (κ3) is 3.25. The van der Waals surface area contributed by atoms with Crippen molar-refractivity contribution in [3.05, 3.63) is 24.5 Å². The molecule has 1 aliphatic rings. The van der Waals surface area contributed by atoms with E-state index in [0.717, 1.165) is 44.0 Å². The molecule has 0 aromatic carbocycles. The van der Waals surface area contributed by atoms with Gasteiger partial charge in [-0.2, -0.15) is 0 Å². The number of ether oxygens (including phenoxy) is 2. The molecule has 5 nitrogen and oxygen atoms in total. The summed E-state index contributed by atoms with van der Waals surface area (Å²) in [5, 5.41) is 0. The van der Waals surface area contributed by atoms with Gasteiger partial charge in [0.1, 0.15) is 0 Å². The molecule has 0 saturated carbocycles. The Morgan fingerprint density at radius 3 is 2.65 bits per heavy atom. The standard InChI is InChI=1S/C12H17N3O2/c1-10(9-15-3-5-17-6-4-15)11-7-13-12(16-2)14-8-11/h7-8H,1,3-6,9H2,2H3. The predicted octanol–water partition coefficient (Wildman–Crippen LogP) is 0.831. The van der Waals surface area contributed by atoms with Gasteiger partial charge in [0.2, 0.25) is 0 Å². The van der Waals surface area contributed by atoms with Crippen LogP contribution in [-0.2, 0) is 4.74 Å². The zero-order valence-electron chi connectivity index (χ0n) is 10.1. The van der Waals surface area contributed by atoms with Crippen molar-refractivity contribution in [1.82, 2.24) is 14.9 Å². The fourth-order valence-electron chi connectivity index (χ4n) is 1.72. The molecule has 0 bridgehead atoms. The van der Waals surface area contributed by atoms with Crippen LogP contribution in [0.15, 0.2) is 19.0 Å². The van der Waals surface area contributed by atoms with E-state index < -0.39 is 0 Å². The first-order valence-electron chi connectivity index (χ1n) is 5.64. The van der Waals surface area contributed by atoms with Crippen LogP contribution in [0, 0.1) is 0 Å². The second-order valence-corrected chi connectivity index (χ2v) is 3.95. The van der Waals surface area contributed by atoms with Crippen molar-refractivity contribution in [2.24, 2.45) is 0 Å². The van der Waals surface area contributed by atoms with Crippen LogP contribution in [0.1, 0.15) is 5.56 Å². The second-order valence-electron chi connectivity index (χ2n) is 3.95. The van der Waals surface area contributed by atoms with Gasteiger partial charge in [-0.1, -0.05) is 6.58 Å². The number of hydrogen-bond donors (Lipinski definition) is 0. The molecule has 1 aliphatic heterocycles. The van der Waals surface area contributed by atoms with Crippen molar-refractivity contribution >= 4 is 5.57 Å². The SMILES string of the molecule is C=C(CN1CCOCC1)c1cnc(OC)nc1. The maximum atomic E-state index is 5.30. The van der Waals surface area contributed by atoms with E-state index in [1.165, 1.54) is 0 Å². The molecule has 0 aliphatic carbocycles. The Kier molecular flexibility index (Phi) is 4.06. The zero-order valence-corrected chi connectivity index (χ0v) is 10.1. The highest BCUT2D eigenvalue weighted by atomic mass is 16.5. The van der Waals surface area contributed by atoms with E-state index in [0.29, 0.717) is 6.01 Å². The first-order chi connectivity index (χ1) is 8.29. The van der Waals surface area contributed by atoms with Crippen molar-refractivity contribution in [2.45, 2.75) is 0 Å². The van der Waals surface area contributed by atoms with E-state index in [1.807, 2.05) is 0 Å². The lowest BCUT2D eigenvalue weighted by molar-refractivity contribution is 0.0444. The Morgan fingerprint density at radius 2 is 2.06 bits per heavy atom. The Morgan fingerprint density at radius 1 is 1.41 bits per heavy atom. The van der Waals surface area contributed by atoms with Gasteiger partial charge in [-0.25, -0.2) is 9.97 Å². The molecule has 0 N–H and O–H groups in total. The van der Waals surface area contributed by atoms with E-state index in [-0.39, 0.29) is 0 Å². The minimum Gasteiger partial charge on any atom is -0.467 e. The fraction of sp³-hybridized carbons (Fsp3) is 0.500. The Bertz CT molecular complexity index is 372. The number of hydrogen-bond acceptors (Lipinski definition) is 5.